The molecular weight excluding hydrogens is 974 g/mol. The molecular formula is C45H24N6O3PdPt. The molecule has 272 valence electrons. The van der Waals surface area contributed by atoms with E-state index in [9.17, 15) is 0 Å². The van der Waals surface area contributed by atoms with Crippen molar-refractivity contribution in [3.63, 3.8) is 0 Å². The number of hydrogen-bond acceptors (Lipinski definition) is 8. The van der Waals surface area contributed by atoms with Crippen LogP contribution in [0.2, 0.25) is 0 Å². The van der Waals surface area contributed by atoms with Gasteiger partial charge in [-0.3, -0.25) is 0 Å². The van der Waals surface area contributed by atoms with Crippen LogP contribution < -0.4 is 9.47 Å². The van der Waals surface area contributed by atoms with Crippen molar-refractivity contribution in [1.29, 1.82) is 0 Å². The zero-order valence-corrected chi connectivity index (χ0v) is 32.7. The number of hydrogen-bond donors (Lipinski definition) is 0. The van der Waals surface area contributed by atoms with Gasteiger partial charge in [0.15, 0.2) is 5.58 Å². The van der Waals surface area contributed by atoms with Crippen LogP contribution in [-0.2, 0) is 41.5 Å². The maximum Gasteiger partial charge on any atom is 2.00 e. The van der Waals surface area contributed by atoms with Gasteiger partial charge in [0.2, 0.25) is 11.8 Å². The maximum atomic E-state index is 6.33. The van der Waals surface area contributed by atoms with Crippen molar-refractivity contribution in [2.45, 2.75) is 0 Å². The molecule has 5 aromatic heterocycles. The first-order chi connectivity index (χ1) is 26.7. The quantitative estimate of drug-likeness (QED) is 0.110. The van der Waals surface area contributed by atoms with Crippen LogP contribution in [0.25, 0.3) is 72.8 Å². The molecule has 10 rings (SSSR count). The molecule has 0 aliphatic carbocycles. The summed E-state index contributed by atoms with van der Waals surface area (Å²) in [4.78, 5) is 23.1. The van der Waals surface area contributed by atoms with E-state index in [1.807, 2.05) is 126 Å². The molecule has 0 atom stereocenters. The molecule has 0 spiro atoms. The van der Waals surface area contributed by atoms with Crippen LogP contribution in [0.3, 0.4) is 0 Å². The summed E-state index contributed by atoms with van der Waals surface area (Å²) in [6.07, 6.45) is 6.90. The SMILES string of the molecule is [Pd+2].[Pt+2].[c-]1c(Oc2[c-]c3c(cc2)c2ccc(Oc4[c-]c(-c5ccccn5)ccc4)[c-]c2n3-c2ncc(-c3nc4ccccc4o3)cn2)cccc1-c1ccccn1. The summed E-state index contributed by atoms with van der Waals surface area (Å²) < 4.78 is 20.5. The number of pyridine rings is 2. The predicted octanol–water partition coefficient (Wildman–Crippen LogP) is 10.3. The van der Waals surface area contributed by atoms with Gasteiger partial charge in [0.25, 0.3) is 0 Å². The standard InChI is InChI=1S/C45H24N6O3.Pd.Pt/c1-2-16-43-40(15-1)50-44(54-43)31-27-48-45(49-28-31)51-41-25-34(52-32-11-7-9-29(23-32)38-13-3-5-21-46-38)17-19-36(41)37-20-18-35(26-42(37)51)53-33-12-8-10-30(24-33)39-14-4-6-22-47-39;;/h1-22,27-28H;;/q-4;2*+2. The number of oxazole rings is 1. The minimum atomic E-state index is 0. The van der Waals surface area contributed by atoms with E-state index in [-0.39, 0.29) is 41.5 Å². The third kappa shape index (κ3) is 7.14. The van der Waals surface area contributed by atoms with Gasteiger partial charge in [-0.25, -0.2) is 15.0 Å². The Labute approximate surface area is 349 Å². The molecule has 9 nitrogen and oxygen atoms in total. The second-order valence-corrected chi connectivity index (χ2v) is 12.3. The van der Waals surface area contributed by atoms with E-state index in [0.717, 1.165) is 38.8 Å². The minimum absolute atomic E-state index is 0. The Balaban J connectivity index is 0.00000220. The first kappa shape index (κ1) is 36.7. The first-order valence-corrected chi connectivity index (χ1v) is 17.1. The molecule has 0 aliphatic heterocycles. The van der Waals surface area contributed by atoms with Crippen LogP contribution in [0.15, 0.2) is 151 Å². The van der Waals surface area contributed by atoms with Gasteiger partial charge in [0.05, 0.1) is 5.56 Å². The number of rotatable bonds is 8. The van der Waals surface area contributed by atoms with Crippen molar-refractivity contribution in [2.75, 3.05) is 0 Å². The second-order valence-electron chi connectivity index (χ2n) is 12.3. The summed E-state index contributed by atoms with van der Waals surface area (Å²) in [5.74, 6) is 2.86. The Kier molecular flexibility index (Phi) is 10.4. The zero-order chi connectivity index (χ0) is 35.8. The van der Waals surface area contributed by atoms with Crippen molar-refractivity contribution < 1.29 is 55.4 Å². The van der Waals surface area contributed by atoms with Crippen LogP contribution in [0.1, 0.15) is 0 Å². The van der Waals surface area contributed by atoms with Crippen LogP contribution >= 0.6 is 0 Å². The van der Waals surface area contributed by atoms with Gasteiger partial charge in [-0.2, -0.15) is 22.9 Å². The Bertz CT molecular complexity index is 2780. The van der Waals surface area contributed by atoms with Gasteiger partial charge in [0, 0.05) is 47.8 Å². The summed E-state index contributed by atoms with van der Waals surface area (Å²) >= 11 is 0. The van der Waals surface area contributed by atoms with E-state index in [1.54, 1.807) is 24.8 Å². The van der Waals surface area contributed by atoms with Crippen LogP contribution in [0, 0.1) is 24.3 Å². The van der Waals surface area contributed by atoms with Crippen LogP contribution in [0.4, 0.5) is 0 Å². The molecule has 0 unspecified atom stereocenters. The fourth-order valence-corrected chi connectivity index (χ4v) is 6.28. The average Bonchev–Trinajstić information content (AvgIpc) is 3.81. The van der Waals surface area contributed by atoms with Gasteiger partial charge in [-0.15, -0.1) is 71.8 Å². The minimum Gasteiger partial charge on any atom is -0.503 e. The molecule has 11 heteroatoms. The van der Waals surface area contributed by atoms with Crippen LogP contribution in [-0.4, -0.2) is 29.5 Å². The number of para-hydroxylation sites is 2. The Morgan fingerprint density at radius 2 is 1.05 bits per heavy atom. The number of aromatic nitrogens is 6. The van der Waals surface area contributed by atoms with Gasteiger partial charge in [-0.1, -0.05) is 59.6 Å². The molecule has 0 bridgehead atoms. The molecule has 0 amide bonds. The normalized spacial score (nSPS) is 10.9. The van der Waals surface area contributed by atoms with Gasteiger partial charge >= 0.3 is 41.5 Å². The molecule has 0 fully saturated rings. The van der Waals surface area contributed by atoms with E-state index < -0.39 is 0 Å². The summed E-state index contributed by atoms with van der Waals surface area (Å²) in [6, 6.07) is 51.9. The fraction of sp³-hybridized carbons (Fsp3) is 0. The van der Waals surface area contributed by atoms with Crippen molar-refractivity contribution in [3.8, 4) is 62.9 Å². The summed E-state index contributed by atoms with van der Waals surface area (Å²) in [7, 11) is 0. The molecule has 0 N–H and O–H groups in total. The molecule has 0 radical (unpaired) electrons. The monoisotopic (exact) mass is 997 g/mol. The number of ether oxygens (including phenoxy) is 2. The van der Waals surface area contributed by atoms with E-state index in [4.69, 9.17) is 23.9 Å². The Hall–Kier alpha value is -6.30. The molecule has 5 aromatic carbocycles. The van der Waals surface area contributed by atoms with Crippen molar-refractivity contribution in [1.82, 2.24) is 29.5 Å². The van der Waals surface area contributed by atoms with Gasteiger partial charge < -0.3 is 28.4 Å². The maximum absolute atomic E-state index is 6.33. The topological polar surface area (TPSA) is 101 Å². The summed E-state index contributed by atoms with van der Waals surface area (Å²) in [5.41, 5.74) is 6.71. The van der Waals surface area contributed by atoms with Crippen molar-refractivity contribution in [2.24, 2.45) is 0 Å². The van der Waals surface area contributed by atoms with Crippen LogP contribution in [0.5, 0.6) is 23.0 Å². The van der Waals surface area contributed by atoms with E-state index >= 15 is 0 Å². The molecule has 10 aromatic rings. The predicted molar refractivity (Wildman–Crippen MR) is 204 cm³/mol. The smallest absolute Gasteiger partial charge is 0.503 e. The number of nitrogens with zero attached hydrogens (tertiary/aromatic N) is 6. The zero-order valence-electron chi connectivity index (χ0n) is 28.9. The molecule has 5 heterocycles. The first-order valence-electron chi connectivity index (χ1n) is 17.1. The third-order valence-corrected chi connectivity index (χ3v) is 8.77. The molecule has 56 heavy (non-hydrogen) atoms. The Morgan fingerprint density at radius 1 is 0.518 bits per heavy atom. The van der Waals surface area contributed by atoms with Gasteiger partial charge in [0.1, 0.15) is 5.52 Å². The Morgan fingerprint density at radius 3 is 1.59 bits per heavy atom. The average molecular weight is 998 g/mol. The number of benzene rings is 5. The summed E-state index contributed by atoms with van der Waals surface area (Å²) in [5, 5.41) is 1.81. The summed E-state index contributed by atoms with van der Waals surface area (Å²) in [6.45, 7) is 0. The molecule has 0 saturated heterocycles. The van der Waals surface area contributed by atoms with E-state index in [2.05, 4.69) is 39.2 Å². The van der Waals surface area contributed by atoms with Crippen molar-refractivity contribution >= 4 is 32.9 Å². The van der Waals surface area contributed by atoms with E-state index in [0.29, 0.717) is 57.0 Å². The second kappa shape index (κ2) is 15.8. The van der Waals surface area contributed by atoms with Gasteiger partial charge in [-0.05, 0) is 35.7 Å². The molecule has 0 saturated carbocycles. The van der Waals surface area contributed by atoms with Crippen molar-refractivity contribution in [3.05, 3.63) is 170 Å². The molecule has 0 aliphatic rings. The number of fused-ring (bicyclic) bond motifs is 4. The fourth-order valence-electron chi connectivity index (χ4n) is 6.28. The largest absolute Gasteiger partial charge is 2.00 e. The third-order valence-electron chi connectivity index (χ3n) is 8.77. The van der Waals surface area contributed by atoms with E-state index in [1.165, 1.54) is 0 Å².